The molecule has 1 atom stereocenters. The van der Waals surface area contributed by atoms with Gasteiger partial charge in [-0.15, -0.1) is 0 Å². The molecular formula is C18H18N2O5. The number of nitro groups is 1. The average Bonchev–Trinajstić information content (AvgIpc) is 2.60. The highest BCUT2D eigenvalue weighted by molar-refractivity contribution is 6.03. The highest BCUT2D eigenvalue weighted by Gasteiger charge is 2.39. The van der Waals surface area contributed by atoms with E-state index in [4.69, 9.17) is 4.74 Å². The van der Waals surface area contributed by atoms with Crippen LogP contribution in [-0.2, 0) is 14.3 Å². The zero-order chi connectivity index (χ0) is 18.1. The fourth-order valence-corrected chi connectivity index (χ4v) is 3.52. The van der Waals surface area contributed by atoms with Crippen LogP contribution in [0.25, 0.3) is 0 Å². The Hall–Kier alpha value is -2.96. The molecule has 0 aromatic heterocycles. The summed E-state index contributed by atoms with van der Waals surface area (Å²) in [5, 5.41) is 14.3. The molecule has 0 bridgehead atoms. The number of dihydropyridines is 1. The molecule has 1 aromatic rings. The van der Waals surface area contributed by atoms with Gasteiger partial charge >= 0.3 is 5.97 Å². The van der Waals surface area contributed by atoms with Gasteiger partial charge in [0, 0.05) is 41.4 Å². The number of nitrogens with zero attached hydrogens (tertiary/aromatic N) is 1. The molecule has 7 heteroatoms. The Morgan fingerprint density at radius 2 is 2.12 bits per heavy atom. The van der Waals surface area contributed by atoms with Crippen molar-refractivity contribution in [1.29, 1.82) is 0 Å². The Labute approximate surface area is 144 Å². The fourth-order valence-electron chi connectivity index (χ4n) is 3.52. The molecule has 1 aliphatic heterocycles. The number of carbonyl (C=O) groups excluding carboxylic acids is 2. The summed E-state index contributed by atoms with van der Waals surface area (Å²) in [6, 6.07) is 6.06. The number of ketones is 1. The lowest BCUT2D eigenvalue weighted by Crippen LogP contribution is -2.34. The van der Waals surface area contributed by atoms with Crippen molar-refractivity contribution in [2.75, 3.05) is 7.11 Å². The number of nitrogens with one attached hydrogen (secondary N) is 1. The lowest BCUT2D eigenvalue weighted by molar-refractivity contribution is -0.384. The molecule has 0 spiro atoms. The Morgan fingerprint density at radius 1 is 1.36 bits per heavy atom. The smallest absolute Gasteiger partial charge is 0.336 e. The molecular weight excluding hydrogens is 324 g/mol. The molecule has 2 aliphatic rings. The number of rotatable bonds is 3. The van der Waals surface area contributed by atoms with Crippen molar-refractivity contribution in [3.63, 3.8) is 0 Å². The van der Waals surface area contributed by atoms with Crippen LogP contribution in [0, 0.1) is 10.1 Å². The molecule has 130 valence electrons. The van der Waals surface area contributed by atoms with Gasteiger partial charge < -0.3 is 10.1 Å². The maximum Gasteiger partial charge on any atom is 0.336 e. The first-order chi connectivity index (χ1) is 11.9. The minimum absolute atomic E-state index is 0.0424. The molecule has 0 saturated carbocycles. The van der Waals surface area contributed by atoms with Crippen molar-refractivity contribution in [2.24, 2.45) is 0 Å². The minimum atomic E-state index is -0.656. The van der Waals surface area contributed by atoms with Gasteiger partial charge in [0.25, 0.3) is 5.69 Å². The van der Waals surface area contributed by atoms with Crippen molar-refractivity contribution < 1.29 is 19.2 Å². The van der Waals surface area contributed by atoms with Gasteiger partial charge in [0.15, 0.2) is 5.78 Å². The summed E-state index contributed by atoms with van der Waals surface area (Å²) >= 11 is 0. The van der Waals surface area contributed by atoms with Gasteiger partial charge in [0.05, 0.1) is 17.6 Å². The van der Waals surface area contributed by atoms with Gasteiger partial charge in [-0.3, -0.25) is 14.9 Å². The second kappa shape index (κ2) is 6.51. The summed E-state index contributed by atoms with van der Waals surface area (Å²) in [7, 11) is 1.28. The van der Waals surface area contributed by atoms with E-state index in [0.29, 0.717) is 35.2 Å². The number of allylic oxidation sites excluding steroid dienone is 3. The molecule has 0 radical (unpaired) electrons. The summed E-state index contributed by atoms with van der Waals surface area (Å²) < 4.78 is 4.90. The maximum atomic E-state index is 12.6. The molecule has 1 heterocycles. The second-order valence-corrected chi connectivity index (χ2v) is 6.11. The molecule has 1 aromatic carbocycles. The summed E-state index contributed by atoms with van der Waals surface area (Å²) in [5.41, 5.74) is 2.69. The van der Waals surface area contributed by atoms with E-state index in [2.05, 4.69) is 5.32 Å². The fraction of sp³-hybridized carbons (Fsp3) is 0.333. The van der Waals surface area contributed by atoms with Gasteiger partial charge in [-0.1, -0.05) is 12.1 Å². The molecule has 0 saturated heterocycles. The van der Waals surface area contributed by atoms with E-state index in [1.54, 1.807) is 19.1 Å². The summed E-state index contributed by atoms with van der Waals surface area (Å²) in [5.74, 6) is -1.25. The quantitative estimate of drug-likeness (QED) is 0.515. The Balaban J connectivity index is 2.21. The number of esters is 1. The number of hydrogen-bond donors (Lipinski definition) is 1. The first-order valence-electron chi connectivity index (χ1n) is 8.00. The summed E-state index contributed by atoms with van der Waals surface area (Å²) in [6.07, 6.45) is 1.85. The summed E-state index contributed by atoms with van der Waals surface area (Å²) in [4.78, 5) is 35.6. The van der Waals surface area contributed by atoms with Crippen LogP contribution in [0.1, 0.15) is 37.7 Å². The van der Waals surface area contributed by atoms with Gasteiger partial charge in [0.2, 0.25) is 0 Å². The second-order valence-electron chi connectivity index (χ2n) is 6.11. The Kier molecular flexibility index (Phi) is 4.39. The van der Waals surface area contributed by atoms with Gasteiger partial charge in [-0.25, -0.2) is 4.79 Å². The first kappa shape index (κ1) is 16.9. The molecule has 3 rings (SSSR count). The highest BCUT2D eigenvalue weighted by atomic mass is 16.6. The van der Waals surface area contributed by atoms with Crippen molar-refractivity contribution in [1.82, 2.24) is 5.32 Å². The van der Waals surface area contributed by atoms with Crippen LogP contribution >= 0.6 is 0 Å². The van der Waals surface area contributed by atoms with Crippen molar-refractivity contribution in [3.05, 3.63) is 62.5 Å². The highest BCUT2D eigenvalue weighted by Crippen LogP contribution is 2.42. The molecule has 0 fully saturated rings. The van der Waals surface area contributed by atoms with Crippen LogP contribution in [-0.4, -0.2) is 23.8 Å². The van der Waals surface area contributed by atoms with E-state index in [-0.39, 0.29) is 11.5 Å². The number of carbonyl (C=O) groups is 2. The first-order valence-corrected chi connectivity index (χ1v) is 8.00. The number of non-ortho nitro benzene ring substituents is 1. The molecule has 1 N–H and O–H groups in total. The Morgan fingerprint density at radius 3 is 2.80 bits per heavy atom. The third-order valence-corrected chi connectivity index (χ3v) is 4.60. The maximum absolute atomic E-state index is 12.6. The zero-order valence-electron chi connectivity index (χ0n) is 14.0. The van der Waals surface area contributed by atoms with Crippen LogP contribution in [0.15, 0.2) is 46.8 Å². The summed E-state index contributed by atoms with van der Waals surface area (Å²) in [6.45, 7) is 1.75. The number of ether oxygens (including phenoxy) is 1. The molecule has 7 nitrogen and oxygen atoms in total. The van der Waals surface area contributed by atoms with E-state index in [9.17, 15) is 19.7 Å². The normalized spacial score (nSPS) is 20.1. The molecule has 0 unspecified atom stereocenters. The van der Waals surface area contributed by atoms with Gasteiger partial charge in [-0.05, 0) is 25.3 Å². The predicted molar refractivity (Wildman–Crippen MR) is 89.6 cm³/mol. The topological polar surface area (TPSA) is 98.5 Å². The third kappa shape index (κ3) is 2.93. The van der Waals surface area contributed by atoms with Crippen molar-refractivity contribution in [2.45, 2.75) is 32.1 Å². The molecule has 25 heavy (non-hydrogen) atoms. The van der Waals surface area contributed by atoms with Crippen molar-refractivity contribution in [3.8, 4) is 0 Å². The van der Waals surface area contributed by atoms with Crippen LogP contribution in [0.2, 0.25) is 0 Å². The minimum Gasteiger partial charge on any atom is -0.466 e. The van der Waals surface area contributed by atoms with Crippen LogP contribution in [0.5, 0.6) is 0 Å². The number of nitro benzene ring substituents is 1. The number of Topliss-reactive ketones (excluding diaryl/α,β-unsaturated/α-hetero) is 1. The van der Waals surface area contributed by atoms with Gasteiger partial charge in [-0.2, -0.15) is 0 Å². The van der Waals surface area contributed by atoms with Gasteiger partial charge in [0.1, 0.15) is 0 Å². The van der Waals surface area contributed by atoms with Crippen molar-refractivity contribution >= 4 is 17.4 Å². The number of methoxy groups -OCH3 is 1. The van der Waals surface area contributed by atoms with Crippen LogP contribution in [0.4, 0.5) is 5.69 Å². The average molecular weight is 342 g/mol. The van der Waals surface area contributed by atoms with E-state index in [1.807, 2.05) is 0 Å². The number of hydrogen-bond acceptors (Lipinski definition) is 6. The van der Waals surface area contributed by atoms with E-state index < -0.39 is 16.8 Å². The largest absolute Gasteiger partial charge is 0.466 e. The SMILES string of the molecule is COC(=O)C1=C(C)NC2=C(C(=O)CCC2)[C@@H]1c1cccc([N+](=O)[O-])c1. The predicted octanol–water partition coefficient (Wildman–Crippen LogP) is 2.74. The third-order valence-electron chi connectivity index (χ3n) is 4.60. The Bertz CT molecular complexity index is 838. The van der Waals surface area contributed by atoms with Crippen LogP contribution < -0.4 is 5.32 Å². The zero-order valence-corrected chi connectivity index (χ0v) is 14.0. The lowest BCUT2D eigenvalue weighted by Gasteiger charge is -2.33. The van der Waals surface area contributed by atoms with E-state index in [1.165, 1.54) is 19.2 Å². The molecule has 0 amide bonds. The standard InChI is InChI=1S/C18H18N2O5/c1-10-15(18(22)25-2)16(11-5-3-6-12(9-11)20(23)24)17-13(19-10)7-4-8-14(17)21/h3,5-6,9,16,19H,4,7-8H2,1-2H3/t16-/m1/s1. The van der Waals surface area contributed by atoms with Crippen LogP contribution in [0.3, 0.4) is 0 Å². The number of benzene rings is 1. The van der Waals surface area contributed by atoms with E-state index in [0.717, 1.165) is 12.1 Å². The lowest BCUT2D eigenvalue weighted by atomic mass is 9.75. The molecule has 1 aliphatic carbocycles. The monoisotopic (exact) mass is 342 g/mol. The van der Waals surface area contributed by atoms with E-state index >= 15 is 0 Å².